The van der Waals surface area contributed by atoms with E-state index in [-0.39, 0.29) is 5.56 Å². The van der Waals surface area contributed by atoms with E-state index >= 15 is 0 Å². The van der Waals surface area contributed by atoms with Crippen LogP contribution in [-0.4, -0.2) is 17.5 Å². The molecule has 1 aliphatic rings. The highest BCUT2D eigenvalue weighted by atomic mass is 19.3. The Bertz CT molecular complexity index is 663. The summed E-state index contributed by atoms with van der Waals surface area (Å²) in [5, 5.41) is 10.7. The first-order valence-corrected chi connectivity index (χ1v) is 6.61. The first-order chi connectivity index (χ1) is 9.56. The summed E-state index contributed by atoms with van der Waals surface area (Å²) in [6, 6.07) is 10.7. The van der Waals surface area contributed by atoms with E-state index < -0.39 is 18.3 Å². The van der Waals surface area contributed by atoms with Crippen molar-refractivity contribution in [2.45, 2.75) is 31.1 Å². The molecule has 0 aromatic heterocycles. The van der Waals surface area contributed by atoms with Crippen LogP contribution in [0.15, 0.2) is 36.4 Å². The Morgan fingerprint density at radius 1 is 1.10 bits per heavy atom. The minimum Gasteiger partial charge on any atom is -0.481 e. The van der Waals surface area contributed by atoms with Crippen LogP contribution < -0.4 is 0 Å². The van der Waals surface area contributed by atoms with Crippen LogP contribution in [0.2, 0.25) is 0 Å². The number of carbonyl (C=O) groups is 1. The molecule has 1 saturated carbocycles. The molecule has 20 heavy (non-hydrogen) atoms. The lowest BCUT2D eigenvalue weighted by atomic mass is 9.95. The number of benzene rings is 2. The van der Waals surface area contributed by atoms with E-state index in [0.717, 1.165) is 10.8 Å². The maximum absolute atomic E-state index is 12.8. The van der Waals surface area contributed by atoms with Crippen molar-refractivity contribution in [1.82, 2.24) is 0 Å². The number of rotatable bonds is 4. The van der Waals surface area contributed by atoms with E-state index in [9.17, 15) is 13.6 Å². The van der Waals surface area contributed by atoms with Gasteiger partial charge in [-0.15, -0.1) is 0 Å². The van der Waals surface area contributed by atoms with Crippen LogP contribution in [0.1, 0.15) is 35.8 Å². The van der Waals surface area contributed by atoms with Gasteiger partial charge in [-0.1, -0.05) is 36.4 Å². The average Bonchev–Trinajstić information content (AvgIpc) is 3.21. The predicted molar refractivity (Wildman–Crippen MR) is 72.3 cm³/mol. The molecule has 0 saturated heterocycles. The van der Waals surface area contributed by atoms with E-state index in [1.54, 1.807) is 12.1 Å². The molecule has 1 atom stereocenters. The Labute approximate surface area is 115 Å². The molecule has 0 radical (unpaired) electrons. The second-order valence-electron chi connectivity index (χ2n) is 5.29. The average molecular weight is 276 g/mol. The van der Waals surface area contributed by atoms with Crippen LogP contribution in [0.25, 0.3) is 10.8 Å². The van der Waals surface area contributed by atoms with Gasteiger partial charge in [-0.3, -0.25) is 4.79 Å². The van der Waals surface area contributed by atoms with E-state index in [4.69, 9.17) is 5.11 Å². The summed E-state index contributed by atoms with van der Waals surface area (Å²) in [5.41, 5.74) is 1.42. The van der Waals surface area contributed by atoms with Gasteiger partial charge in [-0.2, -0.15) is 0 Å². The summed E-state index contributed by atoms with van der Waals surface area (Å²) in [6.45, 7) is 0. The first kappa shape index (κ1) is 13.0. The lowest BCUT2D eigenvalue weighted by molar-refractivity contribution is -0.142. The summed E-state index contributed by atoms with van der Waals surface area (Å²) < 4.78 is 25.7. The second kappa shape index (κ2) is 4.85. The van der Waals surface area contributed by atoms with Crippen LogP contribution in [0.4, 0.5) is 8.78 Å². The molecule has 1 fully saturated rings. The zero-order valence-electron chi connectivity index (χ0n) is 10.7. The Morgan fingerprint density at radius 2 is 1.75 bits per heavy atom. The fourth-order valence-corrected chi connectivity index (χ4v) is 2.54. The Morgan fingerprint density at radius 3 is 2.35 bits per heavy atom. The molecule has 2 aromatic carbocycles. The van der Waals surface area contributed by atoms with Crippen molar-refractivity contribution in [3.8, 4) is 0 Å². The summed E-state index contributed by atoms with van der Waals surface area (Å²) >= 11 is 0. The van der Waals surface area contributed by atoms with Crippen molar-refractivity contribution in [3.05, 3.63) is 47.5 Å². The number of halogens is 2. The smallest absolute Gasteiger partial charge is 0.316 e. The minimum atomic E-state index is -2.91. The summed E-state index contributed by atoms with van der Waals surface area (Å²) in [7, 11) is 0. The predicted octanol–water partition coefficient (Wildman–Crippen LogP) is 4.15. The van der Waals surface area contributed by atoms with Crippen molar-refractivity contribution in [2.24, 2.45) is 0 Å². The summed E-state index contributed by atoms with van der Waals surface area (Å²) in [6.07, 6.45) is -0.498. The van der Waals surface area contributed by atoms with E-state index in [1.165, 1.54) is 24.5 Å². The maximum atomic E-state index is 12.8. The third-order valence-corrected chi connectivity index (χ3v) is 3.81. The van der Waals surface area contributed by atoms with Crippen molar-refractivity contribution < 1.29 is 18.7 Å². The number of alkyl halides is 2. The molecular weight excluding hydrogens is 262 g/mol. The number of hydrogen-bond acceptors (Lipinski definition) is 1. The number of carboxylic acids is 1. The fraction of sp³-hybridized carbons (Fsp3) is 0.312. The normalized spacial score (nSPS) is 16.6. The maximum Gasteiger partial charge on any atom is 0.316 e. The molecule has 2 aromatic rings. The highest BCUT2D eigenvalue weighted by Crippen LogP contribution is 2.41. The number of aliphatic carboxylic acids is 1. The van der Waals surface area contributed by atoms with Gasteiger partial charge in [0, 0.05) is 0 Å². The highest BCUT2D eigenvalue weighted by Gasteiger charge is 2.30. The van der Waals surface area contributed by atoms with Gasteiger partial charge in [-0.25, -0.2) is 8.78 Å². The van der Waals surface area contributed by atoms with Crippen LogP contribution in [0.3, 0.4) is 0 Å². The van der Waals surface area contributed by atoms with Crippen molar-refractivity contribution >= 4 is 16.7 Å². The Hall–Kier alpha value is -1.97. The standard InChI is InChI=1S/C16H14F2O2/c17-15(18)14(16(19)20)13-6-5-11-7-10(9-1-2-9)3-4-12(11)8-13/h3-9,14-15H,1-2H2,(H,19,20). The molecular formula is C16H14F2O2. The van der Waals surface area contributed by atoms with Crippen molar-refractivity contribution in [1.29, 1.82) is 0 Å². The van der Waals surface area contributed by atoms with Crippen molar-refractivity contribution in [2.75, 3.05) is 0 Å². The zero-order valence-corrected chi connectivity index (χ0v) is 10.7. The lowest BCUT2D eigenvalue weighted by Crippen LogP contribution is -2.19. The molecule has 1 N–H and O–H groups in total. The molecule has 0 heterocycles. The van der Waals surface area contributed by atoms with Gasteiger partial charge >= 0.3 is 5.97 Å². The molecule has 0 aliphatic heterocycles. The van der Waals surface area contributed by atoms with Crippen LogP contribution >= 0.6 is 0 Å². The molecule has 0 amide bonds. The molecule has 0 spiro atoms. The SMILES string of the molecule is O=C(O)C(c1ccc2cc(C3CC3)ccc2c1)C(F)F. The number of carboxylic acid groups (broad SMARTS) is 1. The first-order valence-electron chi connectivity index (χ1n) is 6.61. The van der Waals surface area contributed by atoms with Gasteiger partial charge in [0.15, 0.2) is 0 Å². The zero-order chi connectivity index (χ0) is 14.3. The van der Waals surface area contributed by atoms with Crippen LogP contribution in [-0.2, 0) is 4.79 Å². The van der Waals surface area contributed by atoms with Gasteiger partial charge in [0.25, 0.3) is 6.43 Å². The van der Waals surface area contributed by atoms with Gasteiger partial charge in [-0.05, 0) is 40.7 Å². The largest absolute Gasteiger partial charge is 0.481 e. The van der Waals surface area contributed by atoms with Gasteiger partial charge in [0.2, 0.25) is 0 Å². The van der Waals surface area contributed by atoms with E-state index in [2.05, 4.69) is 6.07 Å². The second-order valence-corrected chi connectivity index (χ2v) is 5.29. The number of fused-ring (bicyclic) bond motifs is 1. The van der Waals surface area contributed by atoms with E-state index in [1.807, 2.05) is 12.1 Å². The third kappa shape index (κ3) is 2.38. The Balaban J connectivity index is 2.01. The molecule has 2 nitrogen and oxygen atoms in total. The minimum absolute atomic E-state index is 0.152. The lowest BCUT2D eigenvalue weighted by Gasteiger charge is -2.12. The monoisotopic (exact) mass is 276 g/mol. The summed E-state index contributed by atoms with van der Waals surface area (Å²) in [4.78, 5) is 10.9. The van der Waals surface area contributed by atoms with Gasteiger partial charge < -0.3 is 5.11 Å². The number of hydrogen-bond donors (Lipinski definition) is 1. The molecule has 104 valence electrons. The highest BCUT2D eigenvalue weighted by molar-refractivity contribution is 5.86. The molecule has 0 bridgehead atoms. The fourth-order valence-electron chi connectivity index (χ4n) is 2.54. The van der Waals surface area contributed by atoms with Crippen LogP contribution in [0, 0.1) is 0 Å². The molecule has 1 aliphatic carbocycles. The van der Waals surface area contributed by atoms with Gasteiger partial charge in [0.1, 0.15) is 5.92 Å². The molecule has 4 heteroatoms. The van der Waals surface area contributed by atoms with Gasteiger partial charge in [0.05, 0.1) is 0 Å². The molecule has 3 rings (SSSR count). The van der Waals surface area contributed by atoms with Crippen LogP contribution in [0.5, 0.6) is 0 Å². The topological polar surface area (TPSA) is 37.3 Å². The Kier molecular flexibility index (Phi) is 3.16. The van der Waals surface area contributed by atoms with E-state index in [0.29, 0.717) is 5.92 Å². The molecule has 1 unspecified atom stereocenters. The third-order valence-electron chi connectivity index (χ3n) is 3.81. The summed E-state index contributed by atoms with van der Waals surface area (Å²) in [5.74, 6) is -2.62. The van der Waals surface area contributed by atoms with Crippen molar-refractivity contribution in [3.63, 3.8) is 0 Å². The quantitative estimate of drug-likeness (QED) is 0.910.